The minimum Gasteiger partial charge on any atom is -0.267 e. The molecule has 0 unspecified atom stereocenters. The molecule has 1 aliphatic carbocycles. The van der Waals surface area contributed by atoms with Gasteiger partial charge in [-0.2, -0.15) is 5.10 Å². The van der Waals surface area contributed by atoms with Crippen LogP contribution in [0, 0.1) is 13.8 Å². The van der Waals surface area contributed by atoms with Crippen molar-refractivity contribution in [2.75, 3.05) is 5.43 Å². The number of rotatable bonds is 2. The molecule has 0 bridgehead atoms. The number of amides is 1. The van der Waals surface area contributed by atoms with Crippen LogP contribution in [0.2, 0.25) is 5.02 Å². The molecule has 1 aliphatic rings. The summed E-state index contributed by atoms with van der Waals surface area (Å²) < 4.78 is 2.62. The van der Waals surface area contributed by atoms with E-state index < -0.39 is 5.91 Å². The van der Waals surface area contributed by atoms with E-state index >= 15 is 0 Å². The number of aromatic nitrogens is 4. The largest absolute Gasteiger partial charge is 0.290 e. The lowest BCUT2D eigenvalue weighted by Gasteiger charge is -2.13. The van der Waals surface area contributed by atoms with Crippen molar-refractivity contribution in [3.8, 4) is 0 Å². The Morgan fingerprint density at radius 1 is 1.27 bits per heavy atom. The number of fused-ring (bicyclic) bond motifs is 3. The van der Waals surface area contributed by atoms with E-state index in [1.807, 2.05) is 0 Å². The highest BCUT2D eigenvalue weighted by Gasteiger charge is 2.24. The summed E-state index contributed by atoms with van der Waals surface area (Å²) in [5.74, 6) is -0.0574. The lowest BCUT2D eigenvalue weighted by Crippen LogP contribution is -2.36. The van der Waals surface area contributed by atoms with Crippen molar-refractivity contribution < 1.29 is 4.79 Å². The molecule has 0 spiro atoms. The lowest BCUT2D eigenvalue weighted by atomic mass is 9.97. The van der Waals surface area contributed by atoms with Crippen molar-refractivity contribution in [1.82, 2.24) is 19.4 Å². The van der Waals surface area contributed by atoms with Crippen molar-refractivity contribution >= 4 is 39.1 Å². The van der Waals surface area contributed by atoms with E-state index in [0.29, 0.717) is 16.9 Å². The predicted molar refractivity (Wildman–Crippen MR) is 102 cm³/mol. The first-order valence-corrected chi connectivity index (χ1v) is 9.62. The molecule has 3 heterocycles. The van der Waals surface area contributed by atoms with Crippen molar-refractivity contribution in [3.63, 3.8) is 0 Å². The summed E-state index contributed by atoms with van der Waals surface area (Å²) in [6.45, 7) is 3.43. The van der Waals surface area contributed by atoms with E-state index in [-0.39, 0.29) is 16.3 Å². The number of hydrogen-bond donors (Lipinski definition) is 1. The second-order valence-corrected chi connectivity index (χ2v) is 7.96. The molecule has 0 fully saturated rings. The summed E-state index contributed by atoms with van der Waals surface area (Å²) in [6, 6.07) is 0. The van der Waals surface area contributed by atoms with Gasteiger partial charge < -0.3 is 0 Å². The van der Waals surface area contributed by atoms with Gasteiger partial charge in [0.15, 0.2) is 0 Å². The fraction of sp³-hybridized carbons (Fsp3) is 0.412. The molecule has 0 saturated heterocycles. The summed E-state index contributed by atoms with van der Waals surface area (Å²) in [6.07, 6.45) is 4.09. The lowest BCUT2D eigenvalue weighted by molar-refractivity contribution is 0.0997. The summed E-state index contributed by atoms with van der Waals surface area (Å²) in [7, 11) is 1.64. The first-order valence-electron chi connectivity index (χ1n) is 8.43. The molecular formula is C17H18ClN5O2S. The van der Waals surface area contributed by atoms with Crippen LogP contribution >= 0.6 is 22.9 Å². The summed E-state index contributed by atoms with van der Waals surface area (Å²) in [4.78, 5) is 32.3. The van der Waals surface area contributed by atoms with Gasteiger partial charge in [-0.25, -0.2) is 9.66 Å². The van der Waals surface area contributed by atoms with Crippen molar-refractivity contribution in [3.05, 3.63) is 43.0 Å². The van der Waals surface area contributed by atoms with Crippen LogP contribution in [0.15, 0.2) is 4.79 Å². The molecule has 0 aromatic carbocycles. The maximum Gasteiger partial charge on any atom is 0.290 e. The van der Waals surface area contributed by atoms with Gasteiger partial charge >= 0.3 is 0 Å². The van der Waals surface area contributed by atoms with Crippen LogP contribution in [0.4, 0.5) is 0 Å². The van der Waals surface area contributed by atoms with Crippen molar-refractivity contribution in [1.29, 1.82) is 0 Å². The SMILES string of the molecule is Cc1nn(C)c(C(=O)Nn2c(C)nc3sc4c(c3c2=O)CCCC4)c1Cl. The molecule has 1 N–H and O–H groups in total. The van der Waals surface area contributed by atoms with E-state index in [1.165, 1.54) is 14.2 Å². The number of aryl methyl sites for hydroxylation is 5. The number of hydrogen-bond acceptors (Lipinski definition) is 5. The van der Waals surface area contributed by atoms with Gasteiger partial charge in [0.25, 0.3) is 11.5 Å². The Kier molecular flexibility index (Phi) is 4.11. The Labute approximate surface area is 158 Å². The molecular weight excluding hydrogens is 374 g/mol. The molecule has 0 radical (unpaired) electrons. The van der Waals surface area contributed by atoms with Gasteiger partial charge in [-0.15, -0.1) is 11.3 Å². The molecule has 3 aromatic rings. The maximum atomic E-state index is 13.1. The summed E-state index contributed by atoms with van der Waals surface area (Å²) in [5.41, 5.74) is 4.26. The zero-order valence-corrected chi connectivity index (χ0v) is 16.3. The fourth-order valence-corrected chi connectivity index (χ4v) is 5.01. The van der Waals surface area contributed by atoms with Crippen molar-refractivity contribution in [2.24, 2.45) is 7.05 Å². The molecule has 1 amide bonds. The Morgan fingerprint density at radius 2 is 2.00 bits per heavy atom. The van der Waals surface area contributed by atoms with Gasteiger partial charge in [0.1, 0.15) is 16.3 Å². The predicted octanol–water partition coefficient (Wildman–Crippen LogP) is 2.72. The molecule has 0 saturated carbocycles. The number of nitrogens with one attached hydrogen (secondary N) is 1. The highest BCUT2D eigenvalue weighted by atomic mass is 35.5. The van der Waals surface area contributed by atoms with E-state index in [4.69, 9.17) is 11.6 Å². The van der Waals surface area contributed by atoms with Gasteiger partial charge in [0.05, 0.1) is 16.1 Å². The van der Waals surface area contributed by atoms with Crippen LogP contribution < -0.4 is 11.0 Å². The van der Waals surface area contributed by atoms with Crippen LogP contribution in [0.3, 0.4) is 0 Å². The van der Waals surface area contributed by atoms with Gasteiger partial charge in [-0.05, 0) is 45.1 Å². The number of carbonyl (C=O) groups excluding carboxylic acids is 1. The number of nitrogens with zero attached hydrogens (tertiary/aromatic N) is 4. The zero-order chi connectivity index (χ0) is 18.6. The molecule has 4 rings (SSSR count). The maximum absolute atomic E-state index is 13.1. The molecule has 0 atom stereocenters. The van der Waals surface area contributed by atoms with Crippen LogP contribution in [-0.4, -0.2) is 25.3 Å². The van der Waals surface area contributed by atoms with Gasteiger partial charge in [-0.1, -0.05) is 11.6 Å². The second-order valence-electron chi connectivity index (χ2n) is 6.50. The average Bonchev–Trinajstić information content (AvgIpc) is 3.08. The highest BCUT2D eigenvalue weighted by molar-refractivity contribution is 7.18. The Balaban J connectivity index is 1.82. The quantitative estimate of drug-likeness (QED) is 0.728. The van der Waals surface area contributed by atoms with Crippen LogP contribution in [0.25, 0.3) is 10.2 Å². The standard InChI is InChI=1S/C17H18ClN5O2S/c1-8-13(18)14(22(3)20-8)15(24)21-23-9(2)19-16-12(17(23)25)10-6-4-5-7-11(10)26-16/h4-7H2,1-3H3,(H,21,24). The monoisotopic (exact) mass is 391 g/mol. The molecule has 26 heavy (non-hydrogen) atoms. The van der Waals surface area contributed by atoms with Gasteiger partial charge in [-0.3, -0.25) is 19.7 Å². The Morgan fingerprint density at radius 3 is 2.69 bits per heavy atom. The first-order chi connectivity index (χ1) is 12.4. The van der Waals surface area contributed by atoms with Gasteiger partial charge in [0, 0.05) is 11.9 Å². The minimum absolute atomic E-state index is 0.211. The first kappa shape index (κ1) is 17.2. The van der Waals surface area contributed by atoms with E-state index in [2.05, 4.69) is 15.5 Å². The number of carbonyl (C=O) groups is 1. The number of halogens is 1. The minimum atomic E-state index is -0.492. The summed E-state index contributed by atoms with van der Waals surface area (Å²) in [5, 5.41) is 5.04. The summed E-state index contributed by atoms with van der Waals surface area (Å²) >= 11 is 7.77. The Bertz CT molecular complexity index is 1110. The van der Waals surface area contributed by atoms with Crippen LogP contribution in [0.1, 0.15) is 45.3 Å². The second kappa shape index (κ2) is 6.21. The van der Waals surface area contributed by atoms with Gasteiger partial charge in [0.2, 0.25) is 0 Å². The normalized spacial score (nSPS) is 13.8. The third-order valence-corrected chi connectivity index (χ3v) is 6.37. The van der Waals surface area contributed by atoms with Crippen LogP contribution in [-0.2, 0) is 19.9 Å². The Hall–Kier alpha value is -2.19. The third kappa shape index (κ3) is 2.55. The third-order valence-electron chi connectivity index (χ3n) is 4.73. The van der Waals surface area contributed by atoms with Crippen molar-refractivity contribution in [2.45, 2.75) is 39.5 Å². The molecule has 136 valence electrons. The molecule has 9 heteroatoms. The average molecular weight is 392 g/mol. The molecule has 0 aliphatic heterocycles. The smallest absolute Gasteiger partial charge is 0.267 e. The van der Waals surface area contributed by atoms with Crippen LogP contribution in [0.5, 0.6) is 0 Å². The van der Waals surface area contributed by atoms with E-state index in [1.54, 1.807) is 32.2 Å². The molecule has 7 nitrogen and oxygen atoms in total. The number of thiophene rings is 1. The topological polar surface area (TPSA) is 81.8 Å². The van der Waals surface area contributed by atoms with E-state index in [0.717, 1.165) is 36.1 Å². The van der Waals surface area contributed by atoms with E-state index in [9.17, 15) is 9.59 Å². The zero-order valence-electron chi connectivity index (χ0n) is 14.7. The molecule has 3 aromatic heterocycles. The highest BCUT2D eigenvalue weighted by Crippen LogP contribution is 2.33. The fourth-order valence-electron chi connectivity index (χ4n) is 3.47.